The number of benzene rings is 2. The van der Waals surface area contributed by atoms with Crippen molar-refractivity contribution in [3.05, 3.63) is 71.4 Å². The highest BCUT2D eigenvalue weighted by molar-refractivity contribution is 5.98. The smallest absolute Gasteiger partial charge is 0.270 e. The molecular weight excluding hydrogens is 470 g/mol. The molecule has 1 unspecified atom stereocenters. The Morgan fingerprint density at radius 1 is 1.03 bits per heavy atom. The SMILES string of the molecule is O=C1CC(c2ccccc2)N(C(=O)CNC(=O)c2[nH]nc3c2COc2ccccc2-3)CCCCCCN1. The van der Waals surface area contributed by atoms with Gasteiger partial charge in [-0.1, -0.05) is 55.3 Å². The van der Waals surface area contributed by atoms with E-state index in [9.17, 15) is 14.4 Å². The standard InChI is InChI=1S/C28H31N5O4/c34-24-16-22(19-10-4-3-5-11-19)33(15-9-2-1-8-14-29-24)25(35)17-30-28(36)27-21-18-37-23-13-7-6-12-20(23)26(21)31-32-27/h3-7,10-13,22H,1-2,8-9,14-18H2,(H,29,34)(H,30,36)(H,31,32). The van der Waals surface area contributed by atoms with E-state index in [0.29, 0.717) is 24.3 Å². The van der Waals surface area contributed by atoms with E-state index in [0.717, 1.165) is 42.6 Å². The molecule has 5 rings (SSSR count). The molecule has 192 valence electrons. The predicted molar refractivity (Wildman–Crippen MR) is 138 cm³/mol. The van der Waals surface area contributed by atoms with E-state index in [4.69, 9.17) is 4.74 Å². The summed E-state index contributed by atoms with van der Waals surface area (Å²) in [6.45, 7) is 1.20. The molecule has 2 aliphatic heterocycles. The number of carbonyl (C=O) groups excluding carboxylic acids is 3. The van der Waals surface area contributed by atoms with Crippen molar-refractivity contribution in [3.63, 3.8) is 0 Å². The number of aromatic nitrogens is 2. The minimum absolute atomic E-state index is 0.0815. The molecule has 0 aliphatic carbocycles. The lowest BCUT2D eigenvalue weighted by molar-refractivity contribution is -0.134. The molecule has 0 bridgehead atoms. The zero-order valence-electron chi connectivity index (χ0n) is 20.7. The number of hydrogen-bond donors (Lipinski definition) is 3. The Balaban J connectivity index is 1.32. The van der Waals surface area contributed by atoms with Gasteiger partial charge >= 0.3 is 0 Å². The van der Waals surface area contributed by atoms with E-state index in [-0.39, 0.29) is 37.1 Å². The second kappa shape index (κ2) is 11.3. The van der Waals surface area contributed by atoms with Gasteiger partial charge in [-0.25, -0.2) is 0 Å². The fraction of sp³-hybridized carbons (Fsp3) is 0.357. The summed E-state index contributed by atoms with van der Waals surface area (Å²) < 4.78 is 5.80. The fourth-order valence-electron chi connectivity index (χ4n) is 4.97. The van der Waals surface area contributed by atoms with Gasteiger partial charge in [0.05, 0.1) is 19.0 Å². The highest BCUT2D eigenvalue weighted by Crippen LogP contribution is 2.37. The van der Waals surface area contributed by atoms with Gasteiger partial charge in [0.2, 0.25) is 11.8 Å². The van der Waals surface area contributed by atoms with Gasteiger partial charge in [0, 0.05) is 24.2 Å². The molecule has 2 aliphatic rings. The molecule has 0 radical (unpaired) electrons. The van der Waals surface area contributed by atoms with Crippen LogP contribution in [-0.4, -0.2) is 52.5 Å². The molecule has 9 heteroatoms. The van der Waals surface area contributed by atoms with Crippen LogP contribution in [0, 0.1) is 0 Å². The van der Waals surface area contributed by atoms with Crippen LogP contribution in [0.2, 0.25) is 0 Å². The van der Waals surface area contributed by atoms with Gasteiger partial charge in [-0.3, -0.25) is 19.5 Å². The molecule has 3 N–H and O–H groups in total. The lowest BCUT2D eigenvalue weighted by Gasteiger charge is -2.32. The van der Waals surface area contributed by atoms with Crippen LogP contribution in [0.4, 0.5) is 0 Å². The Kier molecular flexibility index (Phi) is 7.49. The summed E-state index contributed by atoms with van der Waals surface area (Å²) in [5.41, 5.74) is 3.35. The zero-order chi connectivity index (χ0) is 25.6. The van der Waals surface area contributed by atoms with Crippen LogP contribution in [0.15, 0.2) is 54.6 Å². The van der Waals surface area contributed by atoms with Gasteiger partial charge in [-0.05, 0) is 30.5 Å². The van der Waals surface area contributed by atoms with Crippen molar-refractivity contribution < 1.29 is 19.1 Å². The number of carbonyl (C=O) groups is 3. The van der Waals surface area contributed by atoms with Gasteiger partial charge in [0.25, 0.3) is 5.91 Å². The van der Waals surface area contributed by atoms with Gasteiger partial charge in [0.15, 0.2) is 0 Å². The van der Waals surface area contributed by atoms with E-state index in [2.05, 4.69) is 20.8 Å². The lowest BCUT2D eigenvalue weighted by atomic mass is 10.0. The van der Waals surface area contributed by atoms with Crippen molar-refractivity contribution in [2.24, 2.45) is 0 Å². The monoisotopic (exact) mass is 501 g/mol. The van der Waals surface area contributed by atoms with Crippen molar-refractivity contribution in [1.29, 1.82) is 0 Å². The number of fused-ring (bicyclic) bond motifs is 3. The second-order valence-electron chi connectivity index (χ2n) is 9.38. The molecular formula is C28H31N5O4. The van der Waals surface area contributed by atoms with Crippen LogP contribution in [0.25, 0.3) is 11.3 Å². The third-order valence-electron chi connectivity index (χ3n) is 6.92. The normalized spacial score (nSPS) is 17.9. The Labute approximate surface area is 215 Å². The van der Waals surface area contributed by atoms with Crippen LogP contribution >= 0.6 is 0 Å². The Morgan fingerprint density at radius 2 is 1.81 bits per heavy atom. The number of ether oxygens (including phenoxy) is 1. The Bertz CT molecular complexity index is 1270. The lowest BCUT2D eigenvalue weighted by Crippen LogP contribution is -2.44. The van der Waals surface area contributed by atoms with E-state index in [1.54, 1.807) is 4.90 Å². The topological polar surface area (TPSA) is 116 Å². The van der Waals surface area contributed by atoms with Crippen LogP contribution in [0.1, 0.15) is 59.8 Å². The number of para-hydroxylation sites is 1. The molecule has 1 fully saturated rings. The van der Waals surface area contributed by atoms with E-state index in [1.165, 1.54) is 0 Å². The molecule has 3 amide bonds. The summed E-state index contributed by atoms with van der Waals surface area (Å²) in [5, 5.41) is 12.9. The van der Waals surface area contributed by atoms with Crippen molar-refractivity contribution in [3.8, 4) is 17.0 Å². The first-order valence-corrected chi connectivity index (χ1v) is 12.8. The van der Waals surface area contributed by atoms with Crippen molar-refractivity contribution >= 4 is 17.7 Å². The van der Waals surface area contributed by atoms with E-state index >= 15 is 0 Å². The maximum absolute atomic E-state index is 13.5. The van der Waals surface area contributed by atoms with Gasteiger partial charge in [-0.15, -0.1) is 0 Å². The summed E-state index contributed by atoms with van der Waals surface area (Å²) >= 11 is 0. The molecule has 1 atom stereocenters. The third kappa shape index (κ3) is 5.50. The summed E-state index contributed by atoms with van der Waals surface area (Å²) in [5.74, 6) is -0.0117. The van der Waals surface area contributed by atoms with E-state index < -0.39 is 11.9 Å². The number of nitrogens with one attached hydrogen (secondary N) is 3. The molecule has 2 aromatic carbocycles. The zero-order valence-corrected chi connectivity index (χ0v) is 20.7. The van der Waals surface area contributed by atoms with Crippen LogP contribution < -0.4 is 15.4 Å². The highest BCUT2D eigenvalue weighted by atomic mass is 16.5. The van der Waals surface area contributed by atoms with Gasteiger partial charge in [0.1, 0.15) is 23.7 Å². The minimum atomic E-state index is -0.419. The maximum atomic E-state index is 13.5. The first-order chi connectivity index (χ1) is 18.1. The Morgan fingerprint density at radius 3 is 2.68 bits per heavy atom. The van der Waals surface area contributed by atoms with Crippen molar-refractivity contribution in [2.75, 3.05) is 19.6 Å². The molecule has 1 aromatic heterocycles. The van der Waals surface area contributed by atoms with Crippen LogP contribution in [0.3, 0.4) is 0 Å². The van der Waals surface area contributed by atoms with E-state index in [1.807, 2.05) is 54.6 Å². The number of amides is 3. The third-order valence-corrected chi connectivity index (χ3v) is 6.92. The summed E-state index contributed by atoms with van der Waals surface area (Å²) in [6, 6.07) is 16.7. The fourth-order valence-corrected chi connectivity index (χ4v) is 4.97. The van der Waals surface area contributed by atoms with Crippen molar-refractivity contribution in [2.45, 2.75) is 44.8 Å². The largest absolute Gasteiger partial charge is 0.488 e. The molecule has 0 spiro atoms. The van der Waals surface area contributed by atoms with Gasteiger partial charge < -0.3 is 20.3 Å². The summed E-state index contributed by atoms with van der Waals surface area (Å²) in [7, 11) is 0. The minimum Gasteiger partial charge on any atom is -0.488 e. The Hall–Kier alpha value is -4.14. The number of hydrogen-bond acceptors (Lipinski definition) is 5. The van der Waals surface area contributed by atoms with Gasteiger partial charge in [-0.2, -0.15) is 5.10 Å². The summed E-state index contributed by atoms with van der Waals surface area (Å²) in [6.07, 6.45) is 3.89. The maximum Gasteiger partial charge on any atom is 0.270 e. The van der Waals surface area contributed by atoms with Crippen LogP contribution in [0.5, 0.6) is 5.75 Å². The average Bonchev–Trinajstić information content (AvgIpc) is 3.36. The average molecular weight is 502 g/mol. The molecule has 37 heavy (non-hydrogen) atoms. The second-order valence-corrected chi connectivity index (χ2v) is 9.38. The molecule has 1 saturated heterocycles. The molecule has 3 heterocycles. The predicted octanol–water partition coefficient (Wildman–Crippen LogP) is 3.35. The number of H-pyrrole nitrogens is 1. The number of aromatic amines is 1. The summed E-state index contributed by atoms with van der Waals surface area (Å²) in [4.78, 5) is 41.0. The molecule has 9 nitrogen and oxygen atoms in total. The number of rotatable bonds is 4. The quantitative estimate of drug-likeness (QED) is 0.507. The molecule has 3 aromatic rings. The molecule has 0 saturated carbocycles. The van der Waals surface area contributed by atoms with Crippen LogP contribution in [-0.2, 0) is 16.2 Å². The first kappa shape index (κ1) is 24.5. The number of nitrogens with zero attached hydrogens (tertiary/aromatic N) is 2. The van der Waals surface area contributed by atoms with Crippen molar-refractivity contribution in [1.82, 2.24) is 25.7 Å². The first-order valence-electron chi connectivity index (χ1n) is 12.8. The highest BCUT2D eigenvalue weighted by Gasteiger charge is 2.29.